The molecule has 0 bridgehead atoms. The van der Waals surface area contributed by atoms with Gasteiger partial charge in [0.15, 0.2) is 0 Å². The van der Waals surface area contributed by atoms with E-state index < -0.39 is 5.82 Å². The molecule has 2 aromatic rings. The van der Waals surface area contributed by atoms with E-state index in [0.29, 0.717) is 17.8 Å². The number of aromatic nitrogens is 2. The van der Waals surface area contributed by atoms with E-state index in [2.05, 4.69) is 10.4 Å². The molecular weight excluding hydrogens is 231 g/mol. The van der Waals surface area contributed by atoms with Gasteiger partial charge in [0.1, 0.15) is 5.82 Å². The highest BCUT2D eigenvalue weighted by molar-refractivity contribution is 5.49. The van der Waals surface area contributed by atoms with Gasteiger partial charge >= 0.3 is 0 Å². The van der Waals surface area contributed by atoms with Crippen molar-refractivity contribution in [3.63, 3.8) is 0 Å². The second-order valence-corrected chi connectivity index (χ2v) is 4.04. The summed E-state index contributed by atoms with van der Waals surface area (Å²) >= 11 is 0. The molecule has 2 rings (SSSR count). The molecule has 1 aromatic heterocycles. The molecule has 92 valence electrons. The lowest BCUT2D eigenvalue weighted by atomic mass is 10.2. The van der Waals surface area contributed by atoms with Gasteiger partial charge in [-0.05, 0) is 30.2 Å². The average molecular weight is 244 g/mol. The molecule has 0 aliphatic carbocycles. The molecule has 0 aliphatic heterocycles. The number of halogens is 1. The van der Waals surface area contributed by atoms with Crippen molar-refractivity contribution in [1.29, 1.82) is 5.26 Å². The number of nitrogens with zero attached hydrogens (tertiary/aromatic N) is 3. The Morgan fingerprint density at radius 2 is 2.28 bits per heavy atom. The minimum absolute atomic E-state index is 0.318. The molecule has 1 aromatic carbocycles. The fraction of sp³-hybridized carbons (Fsp3) is 0.231. The largest absolute Gasteiger partial charge is 0.385 e. The highest BCUT2D eigenvalue weighted by Gasteiger charge is 2.01. The summed E-state index contributed by atoms with van der Waals surface area (Å²) in [7, 11) is 1.86. The molecule has 0 unspecified atom stereocenters. The minimum Gasteiger partial charge on any atom is -0.385 e. The van der Waals surface area contributed by atoms with E-state index in [9.17, 15) is 4.39 Å². The number of hydrogen-bond acceptors (Lipinski definition) is 3. The van der Waals surface area contributed by atoms with Crippen molar-refractivity contribution in [2.75, 3.05) is 11.9 Å². The number of nitrogens with one attached hydrogen (secondary N) is 1. The number of aryl methyl sites for hydroxylation is 1. The Bertz CT molecular complexity index is 583. The predicted molar refractivity (Wildman–Crippen MR) is 66.5 cm³/mol. The molecule has 4 nitrogen and oxygen atoms in total. The summed E-state index contributed by atoms with van der Waals surface area (Å²) in [5, 5.41) is 15.9. The molecule has 0 atom stereocenters. The van der Waals surface area contributed by atoms with E-state index in [1.54, 1.807) is 16.9 Å². The van der Waals surface area contributed by atoms with Gasteiger partial charge in [0.05, 0.1) is 17.8 Å². The van der Waals surface area contributed by atoms with Crippen LogP contribution in [0.5, 0.6) is 0 Å². The standard InChI is InChI=1S/C13H13FN4/c1-18-9-10(8-17-18)2-3-16-13-5-11(7-15)4-12(14)6-13/h4-6,8-9,16H,2-3H2,1H3. The monoisotopic (exact) mass is 244 g/mol. The number of hydrogen-bond donors (Lipinski definition) is 1. The van der Waals surface area contributed by atoms with E-state index in [1.807, 2.05) is 19.3 Å². The Balaban J connectivity index is 1.94. The van der Waals surface area contributed by atoms with Crippen molar-refractivity contribution in [2.45, 2.75) is 6.42 Å². The van der Waals surface area contributed by atoms with Gasteiger partial charge < -0.3 is 5.32 Å². The Morgan fingerprint density at radius 1 is 1.44 bits per heavy atom. The topological polar surface area (TPSA) is 53.6 Å². The van der Waals surface area contributed by atoms with Crippen LogP contribution in [-0.2, 0) is 13.5 Å². The zero-order valence-corrected chi connectivity index (χ0v) is 10.0. The summed E-state index contributed by atoms with van der Waals surface area (Å²) < 4.78 is 14.9. The maximum absolute atomic E-state index is 13.2. The molecule has 0 radical (unpaired) electrons. The van der Waals surface area contributed by atoms with E-state index in [-0.39, 0.29) is 0 Å². The molecule has 0 amide bonds. The van der Waals surface area contributed by atoms with Gasteiger partial charge in [0.2, 0.25) is 0 Å². The molecular formula is C13H13FN4. The fourth-order valence-corrected chi connectivity index (χ4v) is 1.71. The van der Waals surface area contributed by atoms with Crippen molar-refractivity contribution in [2.24, 2.45) is 7.05 Å². The zero-order chi connectivity index (χ0) is 13.0. The van der Waals surface area contributed by atoms with Crippen molar-refractivity contribution < 1.29 is 4.39 Å². The van der Waals surface area contributed by atoms with Crippen LogP contribution < -0.4 is 5.32 Å². The first-order chi connectivity index (χ1) is 8.67. The Labute approximate surface area is 105 Å². The van der Waals surface area contributed by atoms with Gasteiger partial charge in [0, 0.05) is 25.5 Å². The summed E-state index contributed by atoms with van der Waals surface area (Å²) in [6, 6.07) is 6.15. The predicted octanol–water partition coefficient (Wildman–Crippen LogP) is 2.09. The van der Waals surface area contributed by atoms with Gasteiger partial charge in [-0.3, -0.25) is 4.68 Å². The number of rotatable bonds is 4. The lowest BCUT2D eigenvalue weighted by Crippen LogP contribution is -2.05. The van der Waals surface area contributed by atoms with Crippen LogP contribution in [0.4, 0.5) is 10.1 Å². The summed E-state index contributed by atoms with van der Waals surface area (Å²) in [6.07, 6.45) is 4.54. The van der Waals surface area contributed by atoms with Crippen LogP contribution >= 0.6 is 0 Å². The van der Waals surface area contributed by atoms with Crippen molar-refractivity contribution in [1.82, 2.24) is 9.78 Å². The van der Waals surface area contributed by atoms with Crippen LogP contribution in [-0.4, -0.2) is 16.3 Å². The fourth-order valence-electron chi connectivity index (χ4n) is 1.71. The highest BCUT2D eigenvalue weighted by atomic mass is 19.1. The van der Waals surface area contributed by atoms with Gasteiger partial charge in [-0.1, -0.05) is 0 Å². The maximum Gasteiger partial charge on any atom is 0.126 e. The molecule has 5 heteroatoms. The van der Waals surface area contributed by atoms with Crippen molar-refractivity contribution >= 4 is 5.69 Å². The quantitative estimate of drug-likeness (QED) is 0.896. The Hall–Kier alpha value is -2.35. The first kappa shape index (κ1) is 12.1. The van der Waals surface area contributed by atoms with Gasteiger partial charge in [-0.15, -0.1) is 0 Å². The molecule has 1 N–H and O–H groups in total. The van der Waals surface area contributed by atoms with Crippen LogP contribution in [0.15, 0.2) is 30.6 Å². The van der Waals surface area contributed by atoms with Gasteiger partial charge in [-0.25, -0.2) is 4.39 Å². The van der Waals surface area contributed by atoms with Gasteiger partial charge in [-0.2, -0.15) is 10.4 Å². The summed E-state index contributed by atoms with van der Waals surface area (Å²) in [5.74, 6) is -0.405. The van der Waals surface area contributed by atoms with E-state index in [1.165, 1.54) is 12.1 Å². The smallest absolute Gasteiger partial charge is 0.126 e. The Kier molecular flexibility index (Phi) is 3.58. The second kappa shape index (κ2) is 5.32. The summed E-state index contributed by atoms with van der Waals surface area (Å²) in [4.78, 5) is 0. The molecule has 0 spiro atoms. The van der Waals surface area contributed by atoms with Crippen LogP contribution in [0.1, 0.15) is 11.1 Å². The van der Waals surface area contributed by atoms with E-state index in [4.69, 9.17) is 5.26 Å². The number of nitriles is 1. The van der Waals surface area contributed by atoms with E-state index in [0.717, 1.165) is 12.0 Å². The maximum atomic E-state index is 13.2. The minimum atomic E-state index is -0.405. The lowest BCUT2D eigenvalue weighted by molar-refractivity contribution is 0.627. The van der Waals surface area contributed by atoms with Crippen LogP contribution in [0, 0.1) is 17.1 Å². The third kappa shape index (κ3) is 3.08. The van der Waals surface area contributed by atoms with Crippen LogP contribution in [0.2, 0.25) is 0 Å². The molecule has 1 heterocycles. The van der Waals surface area contributed by atoms with Crippen LogP contribution in [0.25, 0.3) is 0 Å². The summed E-state index contributed by atoms with van der Waals surface area (Å²) in [5.41, 5.74) is 2.05. The van der Waals surface area contributed by atoms with Gasteiger partial charge in [0.25, 0.3) is 0 Å². The molecule has 0 saturated heterocycles. The highest BCUT2D eigenvalue weighted by Crippen LogP contribution is 2.13. The van der Waals surface area contributed by atoms with Crippen molar-refractivity contribution in [3.8, 4) is 6.07 Å². The normalized spacial score (nSPS) is 10.1. The second-order valence-electron chi connectivity index (χ2n) is 4.04. The van der Waals surface area contributed by atoms with Crippen LogP contribution in [0.3, 0.4) is 0 Å². The first-order valence-electron chi connectivity index (χ1n) is 5.59. The molecule has 0 saturated carbocycles. The van der Waals surface area contributed by atoms with Crippen molar-refractivity contribution in [3.05, 3.63) is 47.5 Å². The lowest BCUT2D eigenvalue weighted by Gasteiger charge is -2.05. The number of benzene rings is 1. The molecule has 0 fully saturated rings. The third-order valence-electron chi connectivity index (χ3n) is 2.53. The first-order valence-corrected chi connectivity index (χ1v) is 5.59. The molecule has 0 aliphatic rings. The third-order valence-corrected chi connectivity index (χ3v) is 2.53. The Morgan fingerprint density at radius 3 is 2.94 bits per heavy atom. The van der Waals surface area contributed by atoms with E-state index >= 15 is 0 Å². The average Bonchev–Trinajstić information content (AvgIpc) is 2.74. The summed E-state index contributed by atoms with van der Waals surface area (Å²) in [6.45, 7) is 0.667. The number of anilines is 1. The zero-order valence-electron chi connectivity index (χ0n) is 10.0. The molecule has 18 heavy (non-hydrogen) atoms. The SMILES string of the molecule is Cn1cc(CCNc2cc(F)cc(C#N)c2)cn1.